The predicted molar refractivity (Wildman–Crippen MR) is 110 cm³/mol. The molecular weight excluding hydrogens is 366 g/mol. The molecule has 0 spiro atoms. The third-order valence-electron chi connectivity index (χ3n) is 5.42. The van der Waals surface area contributed by atoms with Gasteiger partial charge in [-0.05, 0) is 42.2 Å². The number of benzene rings is 2. The maximum atomic E-state index is 12.6. The molecule has 2 heterocycles. The first kappa shape index (κ1) is 19.2. The lowest BCUT2D eigenvalue weighted by Crippen LogP contribution is -2.25. The monoisotopic (exact) mass is 391 g/mol. The number of para-hydroxylation sites is 1. The van der Waals surface area contributed by atoms with Crippen LogP contribution in [0.25, 0.3) is 0 Å². The molecular formula is C23H25N3O3. The average molecular weight is 391 g/mol. The molecule has 0 N–H and O–H groups in total. The normalized spacial score (nSPS) is 16.4. The highest BCUT2D eigenvalue weighted by Crippen LogP contribution is 2.32. The van der Waals surface area contributed by atoms with Crippen LogP contribution in [-0.2, 0) is 24.1 Å². The Labute approximate surface area is 170 Å². The molecule has 1 fully saturated rings. The fourth-order valence-electron chi connectivity index (χ4n) is 3.77. The molecule has 0 aliphatic carbocycles. The van der Waals surface area contributed by atoms with Crippen LogP contribution in [0.5, 0.6) is 5.75 Å². The second kappa shape index (κ2) is 8.47. The van der Waals surface area contributed by atoms with Gasteiger partial charge in [-0.2, -0.15) is 4.98 Å². The van der Waals surface area contributed by atoms with Gasteiger partial charge in [-0.1, -0.05) is 42.4 Å². The molecule has 4 rings (SSSR count). The second-order valence-corrected chi connectivity index (χ2v) is 7.28. The minimum Gasteiger partial charge on any atom is -0.497 e. The smallest absolute Gasteiger partial charge is 0.227 e. The number of aromatic nitrogens is 2. The van der Waals surface area contributed by atoms with Crippen molar-refractivity contribution in [1.29, 1.82) is 0 Å². The van der Waals surface area contributed by atoms with Gasteiger partial charge in [0.15, 0.2) is 5.82 Å². The van der Waals surface area contributed by atoms with E-state index in [-0.39, 0.29) is 11.8 Å². The van der Waals surface area contributed by atoms with Crippen LogP contribution in [0.3, 0.4) is 0 Å². The standard InChI is InChI=1S/C23H25N3O3/c1-3-17-6-4-5-7-20(17)26-15-18(14-22(26)27)23-24-21(29-25-23)13-10-16-8-11-19(28-2)12-9-16/h4-9,11-12,18H,3,10,13-15H2,1-2H3. The Hall–Kier alpha value is -3.15. The van der Waals surface area contributed by atoms with Crippen LogP contribution in [0, 0.1) is 0 Å². The zero-order valence-electron chi connectivity index (χ0n) is 16.8. The highest BCUT2D eigenvalue weighted by atomic mass is 16.5. The van der Waals surface area contributed by atoms with Crippen molar-refractivity contribution in [2.45, 2.75) is 38.5 Å². The number of carbonyl (C=O) groups excluding carboxylic acids is 1. The zero-order chi connectivity index (χ0) is 20.2. The molecule has 6 nitrogen and oxygen atoms in total. The molecule has 0 radical (unpaired) electrons. The van der Waals surface area contributed by atoms with Gasteiger partial charge >= 0.3 is 0 Å². The van der Waals surface area contributed by atoms with Gasteiger partial charge in [-0.15, -0.1) is 0 Å². The molecule has 29 heavy (non-hydrogen) atoms. The van der Waals surface area contributed by atoms with E-state index >= 15 is 0 Å². The zero-order valence-corrected chi connectivity index (χ0v) is 16.8. The first-order chi connectivity index (χ1) is 14.2. The lowest BCUT2D eigenvalue weighted by atomic mass is 10.1. The highest BCUT2D eigenvalue weighted by molar-refractivity contribution is 5.97. The largest absolute Gasteiger partial charge is 0.497 e. The number of hydrogen-bond donors (Lipinski definition) is 0. The van der Waals surface area contributed by atoms with Gasteiger partial charge in [0.05, 0.1) is 7.11 Å². The van der Waals surface area contributed by atoms with Crippen molar-refractivity contribution >= 4 is 11.6 Å². The number of amides is 1. The third kappa shape index (κ3) is 4.16. The SMILES string of the molecule is CCc1ccccc1N1CC(c2noc(CCc3ccc(OC)cc3)n2)CC1=O. The number of ether oxygens (including phenoxy) is 1. The fraction of sp³-hybridized carbons (Fsp3) is 0.348. The van der Waals surface area contributed by atoms with Crippen molar-refractivity contribution in [2.24, 2.45) is 0 Å². The van der Waals surface area contributed by atoms with E-state index in [1.807, 2.05) is 47.4 Å². The Balaban J connectivity index is 1.41. The first-order valence-electron chi connectivity index (χ1n) is 10.0. The van der Waals surface area contributed by atoms with Gasteiger partial charge in [0.2, 0.25) is 11.8 Å². The van der Waals surface area contributed by atoms with E-state index in [1.165, 1.54) is 11.1 Å². The van der Waals surface area contributed by atoms with Crippen LogP contribution in [-0.4, -0.2) is 29.7 Å². The minimum atomic E-state index is -0.0362. The molecule has 1 unspecified atom stereocenters. The summed E-state index contributed by atoms with van der Waals surface area (Å²) in [5.41, 5.74) is 3.35. The summed E-state index contributed by atoms with van der Waals surface area (Å²) in [6, 6.07) is 16.0. The quantitative estimate of drug-likeness (QED) is 0.610. The second-order valence-electron chi connectivity index (χ2n) is 7.28. The number of aryl methyl sites for hydroxylation is 3. The van der Waals surface area contributed by atoms with Gasteiger partial charge in [-0.25, -0.2) is 0 Å². The fourth-order valence-corrected chi connectivity index (χ4v) is 3.77. The van der Waals surface area contributed by atoms with Crippen LogP contribution in [0.4, 0.5) is 5.69 Å². The molecule has 1 aliphatic heterocycles. The molecule has 1 atom stereocenters. The van der Waals surface area contributed by atoms with Crippen molar-refractivity contribution < 1.29 is 14.1 Å². The van der Waals surface area contributed by atoms with E-state index in [0.717, 1.165) is 24.3 Å². The Morgan fingerprint density at radius 2 is 1.93 bits per heavy atom. The lowest BCUT2D eigenvalue weighted by Gasteiger charge is -2.19. The predicted octanol–water partition coefficient (Wildman–Crippen LogP) is 3.95. The summed E-state index contributed by atoms with van der Waals surface area (Å²) in [7, 11) is 1.66. The number of nitrogens with zero attached hydrogens (tertiary/aromatic N) is 3. The number of methoxy groups -OCH3 is 1. The van der Waals surface area contributed by atoms with Crippen molar-refractivity contribution in [3.05, 3.63) is 71.4 Å². The molecule has 1 saturated heterocycles. The Morgan fingerprint density at radius 1 is 1.14 bits per heavy atom. The molecule has 150 valence electrons. The van der Waals surface area contributed by atoms with E-state index in [1.54, 1.807) is 7.11 Å². The summed E-state index contributed by atoms with van der Waals surface area (Å²) in [4.78, 5) is 19.0. The van der Waals surface area contributed by atoms with Gasteiger partial charge in [-0.3, -0.25) is 4.79 Å². The Kier molecular flexibility index (Phi) is 5.60. The molecule has 0 saturated carbocycles. The van der Waals surface area contributed by atoms with Crippen LogP contribution < -0.4 is 9.64 Å². The van der Waals surface area contributed by atoms with Crippen molar-refractivity contribution in [1.82, 2.24) is 10.1 Å². The molecule has 6 heteroatoms. The maximum Gasteiger partial charge on any atom is 0.227 e. The van der Waals surface area contributed by atoms with E-state index in [4.69, 9.17) is 9.26 Å². The lowest BCUT2D eigenvalue weighted by molar-refractivity contribution is -0.117. The van der Waals surface area contributed by atoms with E-state index < -0.39 is 0 Å². The number of carbonyl (C=O) groups is 1. The van der Waals surface area contributed by atoms with Crippen LogP contribution in [0.2, 0.25) is 0 Å². The Bertz CT molecular complexity index is 981. The first-order valence-corrected chi connectivity index (χ1v) is 10.0. The highest BCUT2D eigenvalue weighted by Gasteiger charge is 2.35. The van der Waals surface area contributed by atoms with Crippen molar-refractivity contribution in [2.75, 3.05) is 18.6 Å². The van der Waals surface area contributed by atoms with E-state index in [2.05, 4.69) is 23.1 Å². The summed E-state index contributed by atoms with van der Waals surface area (Å²) in [5.74, 6) is 2.15. The average Bonchev–Trinajstić information content (AvgIpc) is 3.39. The molecule has 0 bridgehead atoms. The molecule has 1 aromatic heterocycles. The molecule has 1 amide bonds. The van der Waals surface area contributed by atoms with Gasteiger partial charge < -0.3 is 14.2 Å². The van der Waals surface area contributed by atoms with Gasteiger partial charge in [0.1, 0.15) is 5.75 Å². The van der Waals surface area contributed by atoms with Crippen LogP contribution >= 0.6 is 0 Å². The van der Waals surface area contributed by atoms with E-state index in [0.29, 0.717) is 31.1 Å². The number of anilines is 1. The Morgan fingerprint density at radius 3 is 2.69 bits per heavy atom. The summed E-state index contributed by atoms with van der Waals surface area (Å²) < 4.78 is 10.6. The van der Waals surface area contributed by atoms with Crippen LogP contribution in [0.1, 0.15) is 42.1 Å². The summed E-state index contributed by atoms with van der Waals surface area (Å²) in [6.45, 7) is 2.69. The van der Waals surface area contributed by atoms with Crippen molar-refractivity contribution in [3.8, 4) is 5.75 Å². The number of rotatable bonds is 7. The topological polar surface area (TPSA) is 68.5 Å². The van der Waals surface area contributed by atoms with Gasteiger partial charge in [0, 0.05) is 31.0 Å². The molecule has 1 aliphatic rings. The minimum absolute atomic E-state index is 0.0362. The maximum absolute atomic E-state index is 12.6. The summed E-state index contributed by atoms with van der Waals surface area (Å²) >= 11 is 0. The summed E-state index contributed by atoms with van der Waals surface area (Å²) in [5, 5.41) is 4.16. The van der Waals surface area contributed by atoms with Gasteiger partial charge in [0.25, 0.3) is 0 Å². The molecule has 3 aromatic rings. The van der Waals surface area contributed by atoms with E-state index in [9.17, 15) is 4.79 Å². The number of hydrogen-bond acceptors (Lipinski definition) is 5. The van der Waals surface area contributed by atoms with Crippen LogP contribution in [0.15, 0.2) is 53.1 Å². The third-order valence-corrected chi connectivity index (χ3v) is 5.42. The molecule has 2 aromatic carbocycles. The summed E-state index contributed by atoms with van der Waals surface area (Å²) in [6.07, 6.45) is 2.78. The van der Waals surface area contributed by atoms with Crippen molar-refractivity contribution in [3.63, 3.8) is 0 Å².